The Morgan fingerprint density at radius 3 is 2.65 bits per heavy atom. The van der Waals surface area contributed by atoms with Gasteiger partial charge in [-0.1, -0.05) is 40.7 Å². The molecule has 5 heteroatoms. The molecule has 0 bridgehead atoms. The van der Waals surface area contributed by atoms with Crippen molar-refractivity contribution < 1.29 is 4.79 Å². The van der Waals surface area contributed by atoms with E-state index in [0.717, 1.165) is 21.6 Å². The average Bonchev–Trinajstić information content (AvgIpc) is 2.48. The number of carbonyl (C=O) groups is 1. The smallest absolute Gasteiger partial charge is 0.237 e. The molecule has 104 valence electrons. The van der Waals surface area contributed by atoms with Crippen LogP contribution in [0.5, 0.6) is 0 Å². The van der Waals surface area contributed by atoms with Crippen LogP contribution in [0.1, 0.15) is 13.3 Å². The van der Waals surface area contributed by atoms with Gasteiger partial charge in [-0.25, -0.2) is 4.98 Å². The van der Waals surface area contributed by atoms with Crippen LogP contribution in [0.2, 0.25) is 0 Å². The summed E-state index contributed by atoms with van der Waals surface area (Å²) < 4.78 is 0.991. The van der Waals surface area contributed by atoms with Crippen LogP contribution in [0.3, 0.4) is 0 Å². The number of amides is 1. The molecule has 1 atom stereocenters. The van der Waals surface area contributed by atoms with Crippen molar-refractivity contribution in [2.75, 3.05) is 5.32 Å². The van der Waals surface area contributed by atoms with Gasteiger partial charge in [0.25, 0.3) is 0 Å². The van der Waals surface area contributed by atoms with E-state index in [0.29, 0.717) is 0 Å². The summed E-state index contributed by atoms with van der Waals surface area (Å²) in [6.07, 6.45) is 2.49. The van der Waals surface area contributed by atoms with E-state index in [1.165, 1.54) is 11.8 Å². The molecule has 0 fully saturated rings. The van der Waals surface area contributed by atoms with Gasteiger partial charge in [-0.05, 0) is 42.8 Å². The third-order valence-corrected chi connectivity index (χ3v) is 4.52. The van der Waals surface area contributed by atoms with Crippen molar-refractivity contribution in [2.45, 2.75) is 23.6 Å². The van der Waals surface area contributed by atoms with Gasteiger partial charge in [0.05, 0.1) is 10.3 Å². The monoisotopic (exact) mass is 350 g/mol. The molecule has 0 spiro atoms. The van der Waals surface area contributed by atoms with E-state index in [2.05, 4.69) is 26.2 Å². The molecular weight excluding hydrogens is 336 g/mol. The lowest BCUT2D eigenvalue weighted by Gasteiger charge is -2.14. The molecular formula is C15H15BrN2OS. The zero-order chi connectivity index (χ0) is 14.4. The van der Waals surface area contributed by atoms with E-state index in [9.17, 15) is 4.79 Å². The van der Waals surface area contributed by atoms with Crippen LogP contribution in [0, 0.1) is 0 Å². The molecule has 0 saturated heterocycles. The van der Waals surface area contributed by atoms with Crippen molar-refractivity contribution in [2.24, 2.45) is 0 Å². The fourth-order valence-corrected chi connectivity index (χ4v) is 2.81. The van der Waals surface area contributed by atoms with Crippen LogP contribution < -0.4 is 5.32 Å². The molecule has 0 saturated carbocycles. The number of thioether (sulfide) groups is 1. The van der Waals surface area contributed by atoms with Crippen molar-refractivity contribution in [1.82, 2.24) is 4.98 Å². The third kappa shape index (κ3) is 4.35. The van der Waals surface area contributed by atoms with Gasteiger partial charge in [0.1, 0.15) is 0 Å². The zero-order valence-electron chi connectivity index (χ0n) is 11.0. The van der Waals surface area contributed by atoms with Gasteiger partial charge in [-0.2, -0.15) is 0 Å². The number of carbonyl (C=O) groups excluding carboxylic acids is 1. The van der Waals surface area contributed by atoms with E-state index < -0.39 is 0 Å². The Hall–Kier alpha value is -1.33. The Bertz CT molecular complexity index is 560. The topological polar surface area (TPSA) is 42.0 Å². The Morgan fingerprint density at radius 1 is 1.30 bits per heavy atom. The van der Waals surface area contributed by atoms with Crippen LogP contribution in [0.15, 0.2) is 58.2 Å². The summed E-state index contributed by atoms with van der Waals surface area (Å²) in [5, 5.41) is 3.65. The first kappa shape index (κ1) is 15.1. The highest BCUT2D eigenvalue weighted by Crippen LogP contribution is 2.24. The maximum Gasteiger partial charge on any atom is 0.237 e. The van der Waals surface area contributed by atoms with Crippen molar-refractivity contribution in [1.29, 1.82) is 0 Å². The Balaban J connectivity index is 2.00. The number of nitrogens with one attached hydrogen (secondary N) is 1. The second-order valence-electron chi connectivity index (χ2n) is 4.18. The predicted molar refractivity (Wildman–Crippen MR) is 86.9 cm³/mol. The number of benzene rings is 1. The molecule has 2 rings (SSSR count). The SMILES string of the molecule is CC[C@@H](Sc1ccccn1)C(=O)Nc1ccc(Br)cc1. The van der Waals surface area contributed by atoms with E-state index >= 15 is 0 Å². The lowest BCUT2D eigenvalue weighted by Crippen LogP contribution is -2.24. The summed E-state index contributed by atoms with van der Waals surface area (Å²) in [6.45, 7) is 2.00. The first-order valence-electron chi connectivity index (χ1n) is 6.33. The quantitative estimate of drug-likeness (QED) is 0.814. The molecule has 0 aliphatic rings. The number of anilines is 1. The Labute approximate surface area is 131 Å². The first-order valence-corrected chi connectivity index (χ1v) is 8.00. The summed E-state index contributed by atoms with van der Waals surface area (Å²) in [5.41, 5.74) is 0.804. The van der Waals surface area contributed by atoms with Gasteiger partial charge >= 0.3 is 0 Å². The maximum atomic E-state index is 12.3. The molecule has 1 amide bonds. The van der Waals surface area contributed by atoms with E-state index in [-0.39, 0.29) is 11.2 Å². The van der Waals surface area contributed by atoms with Gasteiger partial charge in [0.2, 0.25) is 5.91 Å². The van der Waals surface area contributed by atoms with E-state index in [1.54, 1.807) is 6.20 Å². The maximum absolute atomic E-state index is 12.3. The van der Waals surface area contributed by atoms with Crippen LogP contribution in [-0.4, -0.2) is 16.1 Å². The van der Waals surface area contributed by atoms with Crippen LogP contribution in [0.25, 0.3) is 0 Å². The molecule has 1 N–H and O–H groups in total. The van der Waals surface area contributed by atoms with Crippen LogP contribution in [0.4, 0.5) is 5.69 Å². The van der Waals surface area contributed by atoms with Crippen LogP contribution in [-0.2, 0) is 4.79 Å². The molecule has 1 aromatic carbocycles. The molecule has 0 radical (unpaired) electrons. The van der Waals surface area contributed by atoms with Gasteiger partial charge in [-0.3, -0.25) is 4.79 Å². The fourth-order valence-electron chi connectivity index (χ4n) is 1.64. The number of halogens is 1. The number of nitrogens with zero attached hydrogens (tertiary/aromatic N) is 1. The largest absolute Gasteiger partial charge is 0.325 e. The molecule has 0 aliphatic carbocycles. The fraction of sp³-hybridized carbons (Fsp3) is 0.200. The Morgan fingerprint density at radius 2 is 2.05 bits per heavy atom. The third-order valence-electron chi connectivity index (χ3n) is 2.68. The number of hydrogen-bond acceptors (Lipinski definition) is 3. The summed E-state index contributed by atoms with van der Waals surface area (Å²) >= 11 is 4.86. The summed E-state index contributed by atoms with van der Waals surface area (Å²) in [4.78, 5) is 16.5. The average molecular weight is 351 g/mol. The zero-order valence-corrected chi connectivity index (χ0v) is 13.4. The van der Waals surface area contributed by atoms with Crippen molar-refractivity contribution in [3.8, 4) is 0 Å². The molecule has 1 aromatic heterocycles. The first-order chi connectivity index (χ1) is 9.69. The minimum atomic E-state index is -0.145. The molecule has 0 aliphatic heterocycles. The summed E-state index contributed by atoms with van der Waals surface area (Å²) in [6, 6.07) is 13.3. The Kier molecular flexibility index (Phi) is 5.61. The minimum Gasteiger partial charge on any atom is -0.325 e. The van der Waals surface area contributed by atoms with Crippen LogP contribution >= 0.6 is 27.7 Å². The van der Waals surface area contributed by atoms with Crippen molar-refractivity contribution in [3.05, 3.63) is 53.1 Å². The lowest BCUT2D eigenvalue weighted by atomic mass is 10.3. The molecule has 3 nitrogen and oxygen atoms in total. The highest BCUT2D eigenvalue weighted by Gasteiger charge is 2.18. The lowest BCUT2D eigenvalue weighted by molar-refractivity contribution is -0.115. The normalized spacial score (nSPS) is 11.9. The number of rotatable bonds is 5. The second kappa shape index (κ2) is 7.45. The minimum absolute atomic E-state index is 0.00507. The standard InChI is InChI=1S/C15H15BrN2OS/c1-2-13(20-14-5-3-4-10-17-14)15(19)18-12-8-6-11(16)7-9-12/h3-10,13H,2H2,1H3,(H,18,19)/t13-/m1/s1. The highest BCUT2D eigenvalue weighted by molar-refractivity contribution is 9.10. The van der Waals surface area contributed by atoms with Crippen molar-refractivity contribution >= 4 is 39.3 Å². The molecule has 1 heterocycles. The molecule has 20 heavy (non-hydrogen) atoms. The van der Waals surface area contributed by atoms with E-state index in [4.69, 9.17) is 0 Å². The molecule has 2 aromatic rings. The van der Waals surface area contributed by atoms with E-state index in [1.807, 2.05) is 49.4 Å². The number of pyridine rings is 1. The second-order valence-corrected chi connectivity index (χ2v) is 6.32. The van der Waals surface area contributed by atoms with Gasteiger partial charge in [0, 0.05) is 16.4 Å². The number of aromatic nitrogens is 1. The van der Waals surface area contributed by atoms with Crippen molar-refractivity contribution in [3.63, 3.8) is 0 Å². The highest BCUT2D eigenvalue weighted by atomic mass is 79.9. The van der Waals surface area contributed by atoms with Gasteiger partial charge in [-0.15, -0.1) is 0 Å². The summed E-state index contributed by atoms with van der Waals surface area (Å²) in [7, 11) is 0. The number of hydrogen-bond donors (Lipinski definition) is 1. The molecule has 0 unspecified atom stereocenters. The summed E-state index contributed by atoms with van der Waals surface area (Å²) in [5.74, 6) is 0.00507. The predicted octanol–water partition coefficient (Wildman–Crippen LogP) is 4.35. The van der Waals surface area contributed by atoms with Gasteiger partial charge in [0.15, 0.2) is 0 Å². The van der Waals surface area contributed by atoms with Gasteiger partial charge < -0.3 is 5.32 Å².